The predicted octanol–water partition coefficient (Wildman–Crippen LogP) is 5.94. The van der Waals surface area contributed by atoms with Crippen molar-refractivity contribution in [2.24, 2.45) is 0 Å². The van der Waals surface area contributed by atoms with E-state index < -0.39 is 0 Å². The summed E-state index contributed by atoms with van der Waals surface area (Å²) in [5.41, 5.74) is 2.05. The molecule has 4 aromatic rings. The van der Waals surface area contributed by atoms with Crippen molar-refractivity contribution < 1.29 is 4.42 Å². The van der Waals surface area contributed by atoms with Gasteiger partial charge in [0.25, 0.3) is 0 Å². The molecule has 0 unspecified atom stereocenters. The summed E-state index contributed by atoms with van der Waals surface area (Å²) >= 11 is 9.40. The van der Waals surface area contributed by atoms with E-state index >= 15 is 0 Å². The van der Waals surface area contributed by atoms with Crippen LogP contribution in [0.15, 0.2) is 57.6 Å². The van der Waals surface area contributed by atoms with Crippen molar-refractivity contribution in [3.63, 3.8) is 0 Å². The van der Waals surface area contributed by atoms with Crippen LogP contribution in [0, 0.1) is 0 Å². The smallest absolute Gasteiger partial charge is 0.192 e. The topological polar surface area (TPSA) is 56.7 Å². The van der Waals surface area contributed by atoms with Gasteiger partial charge < -0.3 is 4.42 Å². The summed E-state index contributed by atoms with van der Waals surface area (Å²) in [6.45, 7) is 2.74. The van der Waals surface area contributed by atoms with Crippen LogP contribution in [0.2, 0.25) is 5.02 Å². The molecule has 0 bridgehead atoms. The third kappa shape index (κ3) is 4.48. The van der Waals surface area contributed by atoms with Gasteiger partial charge >= 0.3 is 0 Å². The highest BCUT2D eigenvalue weighted by Crippen LogP contribution is 2.28. The summed E-state index contributed by atoms with van der Waals surface area (Å²) in [4.78, 5) is 4.70. The Morgan fingerprint density at radius 1 is 1.18 bits per heavy atom. The van der Waals surface area contributed by atoms with Gasteiger partial charge in [-0.05, 0) is 49.2 Å². The van der Waals surface area contributed by atoms with E-state index in [4.69, 9.17) is 21.0 Å². The summed E-state index contributed by atoms with van der Waals surface area (Å²) in [6, 6.07) is 11.5. The third-order valence-electron chi connectivity index (χ3n) is 4.13. The lowest BCUT2D eigenvalue weighted by atomic mass is 10.2. The number of benzene rings is 1. The van der Waals surface area contributed by atoms with Crippen molar-refractivity contribution in [2.45, 2.75) is 37.2 Å². The number of furan rings is 1. The van der Waals surface area contributed by atoms with Gasteiger partial charge in [0, 0.05) is 21.7 Å². The molecule has 0 radical (unpaired) electrons. The van der Waals surface area contributed by atoms with Crippen LogP contribution >= 0.6 is 34.7 Å². The molecule has 5 nitrogen and oxygen atoms in total. The second-order valence-corrected chi connectivity index (χ2v) is 8.57. The van der Waals surface area contributed by atoms with Crippen LogP contribution in [-0.2, 0) is 18.7 Å². The van der Waals surface area contributed by atoms with Crippen LogP contribution in [0.4, 0.5) is 0 Å². The lowest BCUT2D eigenvalue weighted by molar-refractivity contribution is 0.485. The Balaban J connectivity index is 1.59. The Kier molecular flexibility index (Phi) is 6.14. The molecular weight excluding hydrogens is 412 g/mol. The highest BCUT2D eigenvalue weighted by molar-refractivity contribution is 7.98. The quantitative estimate of drug-likeness (QED) is 0.324. The van der Waals surface area contributed by atoms with E-state index in [9.17, 15) is 0 Å². The summed E-state index contributed by atoms with van der Waals surface area (Å²) in [7, 11) is 0. The molecule has 3 heterocycles. The van der Waals surface area contributed by atoms with Crippen LogP contribution in [0.3, 0.4) is 0 Å². The number of thioether (sulfide) groups is 1. The zero-order chi connectivity index (χ0) is 19.3. The fourth-order valence-electron chi connectivity index (χ4n) is 2.79. The van der Waals surface area contributed by atoms with Gasteiger partial charge in [0.2, 0.25) is 0 Å². The number of aromatic nitrogens is 4. The van der Waals surface area contributed by atoms with Crippen molar-refractivity contribution in [1.82, 2.24) is 19.7 Å². The molecule has 3 aromatic heterocycles. The van der Waals surface area contributed by atoms with E-state index in [2.05, 4.69) is 27.1 Å². The van der Waals surface area contributed by atoms with Gasteiger partial charge in [0.05, 0.1) is 23.5 Å². The van der Waals surface area contributed by atoms with Crippen LogP contribution in [-0.4, -0.2) is 19.7 Å². The minimum absolute atomic E-state index is 0.568. The summed E-state index contributed by atoms with van der Waals surface area (Å²) in [5.74, 6) is 2.41. The predicted molar refractivity (Wildman–Crippen MR) is 114 cm³/mol. The van der Waals surface area contributed by atoms with Crippen molar-refractivity contribution in [2.75, 3.05) is 0 Å². The number of aryl methyl sites for hydroxylation is 1. The average molecular weight is 431 g/mol. The zero-order valence-corrected chi connectivity index (χ0v) is 17.7. The molecule has 0 N–H and O–H groups in total. The first kappa shape index (κ1) is 19.2. The van der Waals surface area contributed by atoms with E-state index in [0.29, 0.717) is 11.6 Å². The van der Waals surface area contributed by atoms with Crippen LogP contribution in [0.5, 0.6) is 0 Å². The Morgan fingerprint density at radius 2 is 2.04 bits per heavy atom. The van der Waals surface area contributed by atoms with Gasteiger partial charge in [-0.2, -0.15) is 0 Å². The van der Waals surface area contributed by atoms with Crippen LogP contribution < -0.4 is 0 Å². The van der Waals surface area contributed by atoms with E-state index in [1.54, 1.807) is 29.4 Å². The van der Waals surface area contributed by atoms with Crippen molar-refractivity contribution in [3.05, 3.63) is 69.5 Å². The normalized spacial score (nSPS) is 11.2. The monoisotopic (exact) mass is 430 g/mol. The van der Waals surface area contributed by atoms with E-state index in [1.165, 1.54) is 5.01 Å². The number of nitrogens with zero attached hydrogens (tertiary/aromatic N) is 4. The summed E-state index contributed by atoms with van der Waals surface area (Å²) in [6.07, 6.45) is 3.83. The zero-order valence-electron chi connectivity index (χ0n) is 15.3. The summed E-state index contributed by atoms with van der Waals surface area (Å²) in [5, 5.41) is 13.7. The maximum absolute atomic E-state index is 6.03. The molecule has 0 aliphatic heterocycles. The Bertz CT molecular complexity index is 1030. The van der Waals surface area contributed by atoms with Crippen molar-refractivity contribution in [3.8, 4) is 11.4 Å². The lowest BCUT2D eigenvalue weighted by Crippen LogP contribution is -2.03. The fourth-order valence-corrected chi connectivity index (χ4v) is 4.75. The Labute approximate surface area is 176 Å². The fraction of sp³-hybridized carbons (Fsp3) is 0.250. The maximum atomic E-state index is 6.03. The van der Waals surface area contributed by atoms with Gasteiger partial charge in [0.15, 0.2) is 11.0 Å². The van der Waals surface area contributed by atoms with Crippen LogP contribution in [0.25, 0.3) is 11.4 Å². The maximum Gasteiger partial charge on any atom is 0.192 e. The minimum Gasteiger partial charge on any atom is -0.467 e. The molecule has 0 saturated heterocycles. The molecule has 0 fully saturated rings. The molecule has 144 valence electrons. The van der Waals surface area contributed by atoms with Gasteiger partial charge in [-0.3, -0.25) is 4.57 Å². The lowest BCUT2D eigenvalue weighted by Gasteiger charge is -2.08. The summed E-state index contributed by atoms with van der Waals surface area (Å²) < 4.78 is 7.62. The van der Waals surface area contributed by atoms with Gasteiger partial charge in [0.1, 0.15) is 5.76 Å². The molecule has 0 spiro atoms. The van der Waals surface area contributed by atoms with Crippen molar-refractivity contribution >= 4 is 34.7 Å². The highest BCUT2D eigenvalue weighted by atomic mass is 35.5. The van der Waals surface area contributed by atoms with Gasteiger partial charge in [-0.25, -0.2) is 4.98 Å². The SMILES string of the molecule is CCCc1nc(CSc2nnc(-c3ccc(Cl)cc3)n2Cc2ccco2)cs1. The molecule has 0 saturated carbocycles. The molecule has 0 atom stereocenters. The van der Waals surface area contributed by atoms with E-state index in [0.717, 1.165) is 46.6 Å². The standard InChI is InChI=1S/C20H19ClN4OS2/c1-2-4-18-22-16(12-27-18)13-28-20-24-23-19(14-6-8-15(21)9-7-14)25(20)11-17-5-3-10-26-17/h3,5-10,12H,2,4,11,13H2,1H3. The second-order valence-electron chi connectivity index (χ2n) is 6.25. The first-order chi connectivity index (χ1) is 13.7. The van der Waals surface area contributed by atoms with Crippen molar-refractivity contribution in [1.29, 1.82) is 0 Å². The number of halogens is 1. The Morgan fingerprint density at radius 3 is 2.79 bits per heavy atom. The van der Waals surface area contributed by atoms with Gasteiger partial charge in [-0.15, -0.1) is 21.5 Å². The number of hydrogen-bond acceptors (Lipinski definition) is 6. The first-order valence-corrected chi connectivity index (χ1v) is 11.2. The Hall–Kier alpha value is -2.09. The molecule has 8 heteroatoms. The molecular formula is C20H19ClN4OS2. The number of thiazole rings is 1. The van der Waals surface area contributed by atoms with Crippen LogP contribution in [0.1, 0.15) is 29.8 Å². The molecule has 0 aliphatic carbocycles. The van der Waals surface area contributed by atoms with Gasteiger partial charge in [-0.1, -0.05) is 30.3 Å². The largest absolute Gasteiger partial charge is 0.467 e. The van der Waals surface area contributed by atoms with E-state index in [1.807, 2.05) is 36.4 Å². The first-order valence-electron chi connectivity index (χ1n) is 9.00. The number of hydrogen-bond donors (Lipinski definition) is 0. The van der Waals surface area contributed by atoms with E-state index in [-0.39, 0.29) is 0 Å². The molecule has 0 amide bonds. The third-order valence-corrected chi connectivity index (χ3v) is 6.34. The minimum atomic E-state index is 0.568. The second kappa shape index (κ2) is 8.94. The highest BCUT2D eigenvalue weighted by Gasteiger charge is 2.16. The molecule has 1 aromatic carbocycles. The molecule has 0 aliphatic rings. The average Bonchev–Trinajstić information content (AvgIpc) is 3.44. The number of rotatable bonds is 8. The molecule has 4 rings (SSSR count). The molecule has 28 heavy (non-hydrogen) atoms.